The van der Waals surface area contributed by atoms with Crippen molar-refractivity contribution in [1.29, 1.82) is 0 Å². The summed E-state index contributed by atoms with van der Waals surface area (Å²) in [6.07, 6.45) is 3.49. The molecule has 7 heteroatoms. The molecule has 0 aliphatic carbocycles. The second kappa shape index (κ2) is 7.00. The lowest BCUT2D eigenvalue weighted by atomic mass is 10.1. The summed E-state index contributed by atoms with van der Waals surface area (Å²) < 4.78 is 21.1. The van der Waals surface area contributed by atoms with Gasteiger partial charge in [-0.25, -0.2) is 9.37 Å². The molecule has 1 N–H and O–H groups in total. The predicted molar refractivity (Wildman–Crippen MR) is 102 cm³/mol. The Morgan fingerprint density at radius 2 is 2.04 bits per heavy atom. The number of hydrogen-bond donors (Lipinski definition) is 1. The SMILES string of the molecule is Cc1c(F)cccc1Nc1ncc(C(=O)N2CCOCC2)c2c1ccn2C. The fourth-order valence-electron chi connectivity index (χ4n) is 3.38. The Morgan fingerprint density at radius 1 is 1.26 bits per heavy atom. The van der Waals surface area contributed by atoms with Gasteiger partial charge in [0.15, 0.2) is 0 Å². The molecule has 0 bridgehead atoms. The van der Waals surface area contributed by atoms with Gasteiger partial charge in [-0.15, -0.1) is 0 Å². The fourth-order valence-corrected chi connectivity index (χ4v) is 3.38. The second-order valence-electron chi connectivity index (χ2n) is 6.65. The molecule has 6 nitrogen and oxygen atoms in total. The normalized spacial score (nSPS) is 14.6. The summed E-state index contributed by atoms with van der Waals surface area (Å²) in [5.74, 6) is 0.271. The third kappa shape index (κ3) is 3.14. The zero-order valence-electron chi connectivity index (χ0n) is 15.3. The topological polar surface area (TPSA) is 59.4 Å². The monoisotopic (exact) mass is 368 g/mol. The van der Waals surface area contributed by atoms with E-state index >= 15 is 0 Å². The van der Waals surface area contributed by atoms with E-state index in [0.717, 1.165) is 10.9 Å². The van der Waals surface area contributed by atoms with Crippen LogP contribution in [0.2, 0.25) is 0 Å². The number of aromatic nitrogens is 2. The third-order valence-corrected chi connectivity index (χ3v) is 4.96. The molecule has 0 unspecified atom stereocenters. The van der Waals surface area contributed by atoms with E-state index in [2.05, 4.69) is 10.3 Å². The number of ether oxygens (including phenoxy) is 1. The van der Waals surface area contributed by atoms with Crippen molar-refractivity contribution >= 4 is 28.3 Å². The number of fused-ring (bicyclic) bond motifs is 1. The third-order valence-electron chi connectivity index (χ3n) is 4.96. The number of carbonyl (C=O) groups excluding carboxylic acids is 1. The van der Waals surface area contributed by atoms with E-state index in [9.17, 15) is 9.18 Å². The van der Waals surface area contributed by atoms with Gasteiger partial charge in [-0.05, 0) is 25.1 Å². The summed E-state index contributed by atoms with van der Waals surface area (Å²) >= 11 is 0. The Labute approximate surface area is 156 Å². The average Bonchev–Trinajstić information content (AvgIpc) is 3.08. The Morgan fingerprint density at radius 3 is 2.81 bits per heavy atom. The van der Waals surface area contributed by atoms with E-state index in [0.29, 0.717) is 48.9 Å². The lowest BCUT2D eigenvalue weighted by Crippen LogP contribution is -2.40. The molecule has 1 fully saturated rings. The zero-order chi connectivity index (χ0) is 19.0. The Balaban J connectivity index is 1.75. The quantitative estimate of drug-likeness (QED) is 0.771. The highest BCUT2D eigenvalue weighted by Gasteiger charge is 2.23. The molecule has 1 amide bonds. The van der Waals surface area contributed by atoms with Crippen LogP contribution in [0.25, 0.3) is 10.9 Å². The summed E-state index contributed by atoms with van der Waals surface area (Å²) in [4.78, 5) is 19.2. The minimum Gasteiger partial charge on any atom is -0.378 e. The number of morpholine rings is 1. The van der Waals surface area contributed by atoms with Crippen LogP contribution in [0.15, 0.2) is 36.7 Å². The summed E-state index contributed by atoms with van der Waals surface area (Å²) in [5, 5.41) is 4.03. The first-order valence-corrected chi connectivity index (χ1v) is 8.89. The number of nitrogens with one attached hydrogen (secondary N) is 1. The number of hydrogen-bond acceptors (Lipinski definition) is 4. The van der Waals surface area contributed by atoms with Gasteiger partial charge >= 0.3 is 0 Å². The van der Waals surface area contributed by atoms with Gasteiger partial charge in [-0.1, -0.05) is 6.07 Å². The molecule has 3 heterocycles. The van der Waals surface area contributed by atoms with Crippen molar-refractivity contribution in [2.75, 3.05) is 31.6 Å². The molecule has 0 radical (unpaired) electrons. The molecule has 1 saturated heterocycles. The van der Waals surface area contributed by atoms with Gasteiger partial charge < -0.3 is 19.5 Å². The smallest absolute Gasteiger partial charge is 0.257 e. The van der Waals surface area contributed by atoms with Crippen molar-refractivity contribution in [2.24, 2.45) is 7.05 Å². The molecular formula is C20H21FN4O2. The molecule has 1 aromatic carbocycles. The number of anilines is 2. The Hall–Kier alpha value is -2.93. The average molecular weight is 368 g/mol. The minimum absolute atomic E-state index is 0.0499. The van der Waals surface area contributed by atoms with Gasteiger partial charge in [-0.3, -0.25) is 4.79 Å². The Bertz CT molecular complexity index is 1010. The molecule has 4 rings (SSSR count). The van der Waals surface area contributed by atoms with Crippen LogP contribution in [0.3, 0.4) is 0 Å². The lowest BCUT2D eigenvalue weighted by Gasteiger charge is -2.27. The van der Waals surface area contributed by atoms with Crippen molar-refractivity contribution in [3.63, 3.8) is 0 Å². The molecule has 0 spiro atoms. The van der Waals surface area contributed by atoms with Crippen LogP contribution in [0.1, 0.15) is 15.9 Å². The van der Waals surface area contributed by atoms with Gasteiger partial charge in [-0.2, -0.15) is 0 Å². The number of benzene rings is 1. The highest BCUT2D eigenvalue weighted by atomic mass is 19.1. The van der Waals surface area contributed by atoms with E-state index in [1.807, 2.05) is 29.9 Å². The van der Waals surface area contributed by atoms with Crippen molar-refractivity contribution < 1.29 is 13.9 Å². The van der Waals surface area contributed by atoms with Crippen molar-refractivity contribution in [3.8, 4) is 0 Å². The largest absolute Gasteiger partial charge is 0.378 e. The number of pyridine rings is 1. The van der Waals surface area contributed by atoms with Crippen LogP contribution in [0, 0.1) is 12.7 Å². The molecule has 1 aliphatic rings. The number of amides is 1. The standard InChI is InChI=1S/C20H21FN4O2/c1-13-16(21)4-3-5-17(13)23-19-14-6-7-24(2)18(14)15(12-22-19)20(26)25-8-10-27-11-9-25/h3-7,12H,8-11H2,1-2H3,(H,22,23). The summed E-state index contributed by atoms with van der Waals surface area (Å²) in [6.45, 7) is 3.97. The van der Waals surface area contributed by atoms with Crippen LogP contribution in [-0.4, -0.2) is 46.7 Å². The fraction of sp³-hybridized carbons (Fsp3) is 0.300. The minimum atomic E-state index is -0.275. The lowest BCUT2D eigenvalue weighted by molar-refractivity contribution is 0.0303. The first-order chi connectivity index (χ1) is 13.1. The van der Waals surface area contributed by atoms with Crippen LogP contribution in [0.4, 0.5) is 15.9 Å². The van der Waals surface area contributed by atoms with Crippen molar-refractivity contribution in [1.82, 2.24) is 14.5 Å². The maximum atomic E-state index is 13.9. The van der Waals surface area contributed by atoms with Gasteiger partial charge in [0.25, 0.3) is 5.91 Å². The molecule has 0 atom stereocenters. The van der Waals surface area contributed by atoms with E-state index in [1.165, 1.54) is 6.07 Å². The van der Waals surface area contributed by atoms with E-state index < -0.39 is 0 Å². The molecule has 0 saturated carbocycles. The van der Waals surface area contributed by atoms with Crippen LogP contribution in [-0.2, 0) is 11.8 Å². The highest BCUT2D eigenvalue weighted by molar-refractivity contribution is 6.08. The van der Waals surface area contributed by atoms with Crippen LogP contribution < -0.4 is 5.32 Å². The maximum Gasteiger partial charge on any atom is 0.257 e. The predicted octanol–water partition coefficient (Wildman–Crippen LogP) is 3.24. The van der Waals surface area contributed by atoms with E-state index in [-0.39, 0.29) is 11.7 Å². The molecular weight excluding hydrogens is 347 g/mol. The van der Waals surface area contributed by atoms with Gasteiger partial charge in [0.05, 0.1) is 24.3 Å². The number of nitrogens with zero attached hydrogens (tertiary/aromatic N) is 3. The summed E-state index contributed by atoms with van der Waals surface area (Å²) in [5.41, 5.74) is 2.54. The summed E-state index contributed by atoms with van der Waals surface area (Å²) in [7, 11) is 1.90. The zero-order valence-corrected chi connectivity index (χ0v) is 15.3. The van der Waals surface area contributed by atoms with Gasteiger partial charge in [0.1, 0.15) is 11.6 Å². The highest BCUT2D eigenvalue weighted by Crippen LogP contribution is 2.30. The molecule has 140 valence electrons. The molecule has 2 aromatic heterocycles. The van der Waals surface area contributed by atoms with E-state index in [1.54, 1.807) is 24.1 Å². The van der Waals surface area contributed by atoms with Crippen LogP contribution >= 0.6 is 0 Å². The molecule has 1 aliphatic heterocycles. The van der Waals surface area contributed by atoms with Crippen molar-refractivity contribution in [2.45, 2.75) is 6.92 Å². The first kappa shape index (κ1) is 17.5. The maximum absolute atomic E-state index is 13.9. The molecule has 3 aromatic rings. The number of halogens is 1. The number of carbonyl (C=O) groups is 1. The van der Waals surface area contributed by atoms with Crippen LogP contribution in [0.5, 0.6) is 0 Å². The summed E-state index contributed by atoms with van der Waals surface area (Å²) in [6, 6.07) is 6.80. The number of aryl methyl sites for hydroxylation is 1. The Kier molecular flexibility index (Phi) is 4.53. The van der Waals surface area contributed by atoms with Crippen molar-refractivity contribution in [3.05, 3.63) is 53.6 Å². The number of rotatable bonds is 3. The second-order valence-corrected chi connectivity index (χ2v) is 6.65. The van der Waals surface area contributed by atoms with Gasteiger partial charge in [0, 0.05) is 49.2 Å². The first-order valence-electron chi connectivity index (χ1n) is 8.89. The van der Waals surface area contributed by atoms with Gasteiger partial charge in [0.2, 0.25) is 0 Å². The molecule has 27 heavy (non-hydrogen) atoms. The van der Waals surface area contributed by atoms with E-state index in [4.69, 9.17) is 4.74 Å².